The third-order valence-corrected chi connectivity index (χ3v) is 3.50. The minimum absolute atomic E-state index is 0.0207. The maximum absolute atomic E-state index is 13.8. The Hall–Kier alpha value is -0.720. The number of nitrogens with zero attached hydrogens (tertiary/aromatic N) is 1. The molecule has 1 fully saturated rings. The maximum atomic E-state index is 13.8. The summed E-state index contributed by atoms with van der Waals surface area (Å²) in [7, 11) is 1.44. The van der Waals surface area contributed by atoms with Crippen LogP contribution in [0.4, 0.5) is 4.39 Å². The van der Waals surface area contributed by atoms with Crippen molar-refractivity contribution in [3.05, 3.63) is 26.7 Å². The summed E-state index contributed by atoms with van der Waals surface area (Å²) < 4.78 is 14.1. The lowest BCUT2D eigenvalue weighted by atomic mass is 10.1. The minimum Gasteiger partial charge on any atom is -0.366 e. The van der Waals surface area contributed by atoms with E-state index in [1.807, 2.05) is 0 Å². The summed E-state index contributed by atoms with van der Waals surface area (Å²) in [6.07, 6.45) is 1.77. The van der Waals surface area contributed by atoms with Crippen LogP contribution in [0.1, 0.15) is 34.8 Å². The number of pyridine rings is 1. The third-order valence-electron chi connectivity index (χ3n) is 2.45. The summed E-state index contributed by atoms with van der Waals surface area (Å²) >= 11 is 8.86. The van der Waals surface area contributed by atoms with E-state index in [-0.39, 0.29) is 16.8 Å². The summed E-state index contributed by atoms with van der Waals surface area (Å²) in [5.41, 5.74) is 2.63. The second-order valence-corrected chi connectivity index (χ2v) is 4.81. The lowest BCUT2D eigenvalue weighted by Crippen LogP contribution is -2.18. The van der Waals surface area contributed by atoms with Gasteiger partial charge in [-0.25, -0.2) is 14.2 Å². The first-order chi connectivity index (χ1) is 8.06. The van der Waals surface area contributed by atoms with Gasteiger partial charge >= 0.3 is 5.97 Å². The number of halogens is 3. The number of aromatic nitrogens is 1. The van der Waals surface area contributed by atoms with Gasteiger partial charge in [0, 0.05) is 12.6 Å². The highest BCUT2D eigenvalue weighted by Crippen LogP contribution is 2.46. The fourth-order valence-corrected chi connectivity index (χ4v) is 2.47. The van der Waals surface area contributed by atoms with Crippen molar-refractivity contribution in [2.45, 2.75) is 18.8 Å². The molecule has 0 bridgehead atoms. The zero-order valence-corrected chi connectivity index (χ0v) is 11.2. The molecule has 0 aromatic carbocycles. The van der Waals surface area contributed by atoms with E-state index in [2.05, 4.69) is 31.2 Å². The number of hydrogen-bond donors (Lipinski definition) is 1. The van der Waals surface area contributed by atoms with Crippen LogP contribution in [0.25, 0.3) is 0 Å². The van der Waals surface area contributed by atoms with E-state index in [1.54, 1.807) is 0 Å². The monoisotopic (exact) mass is 322 g/mol. The molecule has 0 amide bonds. The maximum Gasteiger partial charge on any atom is 0.376 e. The fourth-order valence-electron chi connectivity index (χ4n) is 1.54. The van der Waals surface area contributed by atoms with Crippen molar-refractivity contribution < 1.29 is 14.0 Å². The van der Waals surface area contributed by atoms with E-state index in [4.69, 9.17) is 11.6 Å². The highest BCUT2D eigenvalue weighted by Gasteiger charge is 2.33. The molecule has 0 saturated heterocycles. The molecule has 4 nitrogen and oxygen atoms in total. The summed E-state index contributed by atoms with van der Waals surface area (Å²) in [5.74, 6) is -1.17. The van der Waals surface area contributed by atoms with Gasteiger partial charge in [-0.05, 0) is 34.7 Å². The van der Waals surface area contributed by atoms with Crippen molar-refractivity contribution in [1.29, 1.82) is 0 Å². The molecule has 0 spiro atoms. The Morgan fingerprint density at radius 3 is 2.82 bits per heavy atom. The molecule has 1 aliphatic rings. The predicted molar refractivity (Wildman–Crippen MR) is 63.4 cm³/mol. The van der Waals surface area contributed by atoms with Crippen LogP contribution < -0.4 is 5.48 Å². The Morgan fingerprint density at radius 2 is 2.29 bits per heavy atom. The molecule has 17 heavy (non-hydrogen) atoms. The zero-order chi connectivity index (χ0) is 12.6. The lowest BCUT2D eigenvalue weighted by molar-refractivity contribution is 0.0301. The highest BCUT2D eigenvalue weighted by molar-refractivity contribution is 9.10. The molecule has 2 rings (SSSR count). The summed E-state index contributed by atoms with van der Waals surface area (Å²) in [5, 5.41) is -0.307. The van der Waals surface area contributed by atoms with E-state index < -0.39 is 11.8 Å². The molecule has 92 valence electrons. The van der Waals surface area contributed by atoms with Crippen LogP contribution >= 0.6 is 27.5 Å². The molecule has 0 radical (unpaired) electrons. The zero-order valence-electron chi connectivity index (χ0n) is 8.89. The molecule has 1 N–H and O–H groups in total. The molecule has 1 aliphatic carbocycles. The van der Waals surface area contributed by atoms with Crippen molar-refractivity contribution in [2.24, 2.45) is 0 Å². The molecule has 7 heteroatoms. The average Bonchev–Trinajstić information content (AvgIpc) is 3.08. The largest absolute Gasteiger partial charge is 0.376 e. The van der Waals surface area contributed by atoms with Gasteiger partial charge in [0.05, 0.1) is 4.47 Å². The van der Waals surface area contributed by atoms with Crippen molar-refractivity contribution >= 4 is 33.5 Å². The van der Waals surface area contributed by atoms with Crippen LogP contribution in [0.15, 0.2) is 4.47 Å². The molecule has 0 atom stereocenters. The number of nitrogens with one attached hydrogen (secondary N) is 1. The van der Waals surface area contributed by atoms with Crippen LogP contribution in [0, 0.1) is 5.82 Å². The fraction of sp³-hybridized carbons (Fsp3) is 0.400. The van der Waals surface area contributed by atoms with Gasteiger partial charge in [0.2, 0.25) is 0 Å². The van der Waals surface area contributed by atoms with Crippen LogP contribution in [0.3, 0.4) is 0 Å². The van der Waals surface area contributed by atoms with Crippen molar-refractivity contribution in [3.63, 3.8) is 0 Å². The van der Waals surface area contributed by atoms with E-state index in [0.717, 1.165) is 12.8 Å². The number of hydroxylamine groups is 1. The smallest absolute Gasteiger partial charge is 0.366 e. The van der Waals surface area contributed by atoms with E-state index in [1.165, 1.54) is 7.05 Å². The average molecular weight is 324 g/mol. The van der Waals surface area contributed by atoms with Gasteiger partial charge in [0.1, 0.15) is 0 Å². The van der Waals surface area contributed by atoms with E-state index in [9.17, 15) is 9.18 Å². The van der Waals surface area contributed by atoms with Gasteiger partial charge in [0.25, 0.3) is 0 Å². The molecule has 1 saturated carbocycles. The Labute approximate surface area is 111 Å². The van der Waals surface area contributed by atoms with Crippen molar-refractivity contribution in [2.75, 3.05) is 7.05 Å². The van der Waals surface area contributed by atoms with Gasteiger partial charge in [-0.15, -0.1) is 0 Å². The number of carbonyl (C=O) groups excluding carboxylic acids is 1. The van der Waals surface area contributed by atoms with Gasteiger partial charge in [-0.2, -0.15) is 5.48 Å². The Kier molecular flexibility index (Phi) is 3.65. The molecular formula is C10H9BrClFN2O2. The van der Waals surface area contributed by atoms with Crippen LogP contribution in [-0.2, 0) is 4.84 Å². The van der Waals surface area contributed by atoms with Gasteiger partial charge in [0.15, 0.2) is 16.7 Å². The van der Waals surface area contributed by atoms with Crippen molar-refractivity contribution in [3.8, 4) is 0 Å². The normalized spacial score (nSPS) is 14.8. The first-order valence-corrected chi connectivity index (χ1v) is 6.15. The number of carbonyl (C=O) groups is 1. The van der Waals surface area contributed by atoms with Crippen LogP contribution in [-0.4, -0.2) is 18.0 Å². The number of hydrogen-bond acceptors (Lipinski definition) is 4. The van der Waals surface area contributed by atoms with Crippen LogP contribution in [0.5, 0.6) is 0 Å². The van der Waals surface area contributed by atoms with Crippen LogP contribution in [0.2, 0.25) is 5.15 Å². The third kappa shape index (κ3) is 2.43. The van der Waals surface area contributed by atoms with Gasteiger partial charge < -0.3 is 4.84 Å². The highest BCUT2D eigenvalue weighted by atomic mass is 79.9. The molecule has 1 heterocycles. The second kappa shape index (κ2) is 4.88. The Bertz CT molecular complexity index is 480. The summed E-state index contributed by atoms with van der Waals surface area (Å²) in [4.78, 5) is 19.9. The molecule has 1 aromatic rings. The standard InChI is InChI=1S/C10H9BrClFN2O2/c1-14-17-10(16)8-6(11)5(4-2-3-4)7(13)9(12)15-8/h4,14H,2-3H2,1H3. The number of rotatable bonds is 3. The Morgan fingerprint density at radius 1 is 1.65 bits per heavy atom. The molecule has 1 aromatic heterocycles. The molecular weight excluding hydrogens is 314 g/mol. The van der Waals surface area contributed by atoms with E-state index in [0.29, 0.717) is 10.0 Å². The lowest BCUT2D eigenvalue weighted by Gasteiger charge is -2.10. The quantitative estimate of drug-likeness (QED) is 0.686. The SMILES string of the molecule is CNOC(=O)c1nc(Cl)c(F)c(C2CC2)c1Br. The molecule has 0 aliphatic heterocycles. The van der Waals surface area contributed by atoms with E-state index >= 15 is 0 Å². The first kappa shape index (κ1) is 12.7. The first-order valence-electron chi connectivity index (χ1n) is 4.98. The predicted octanol–water partition coefficient (Wildman–Crippen LogP) is 2.81. The van der Waals surface area contributed by atoms with Gasteiger partial charge in [-0.1, -0.05) is 11.6 Å². The topological polar surface area (TPSA) is 51.2 Å². The summed E-state index contributed by atoms with van der Waals surface area (Å²) in [6, 6.07) is 0. The minimum atomic E-state index is -0.705. The van der Waals surface area contributed by atoms with Crippen molar-refractivity contribution in [1.82, 2.24) is 10.5 Å². The molecule has 0 unspecified atom stereocenters. The second-order valence-electron chi connectivity index (χ2n) is 3.66. The Balaban J connectivity index is 2.49. The summed E-state index contributed by atoms with van der Waals surface area (Å²) in [6.45, 7) is 0. The van der Waals surface area contributed by atoms with Gasteiger partial charge in [-0.3, -0.25) is 0 Å².